The summed E-state index contributed by atoms with van der Waals surface area (Å²) in [5.41, 5.74) is 5.30. The fourth-order valence-electron chi connectivity index (χ4n) is 1.90. The van der Waals surface area contributed by atoms with E-state index in [1.807, 2.05) is 18.2 Å². The fraction of sp³-hybridized carbons (Fsp3) is 0.143. The highest BCUT2D eigenvalue weighted by molar-refractivity contribution is 6.58. The summed E-state index contributed by atoms with van der Waals surface area (Å²) in [7, 11) is -1.40. The lowest BCUT2D eigenvalue weighted by molar-refractivity contribution is 0.426. The average molecular weight is 226 g/mol. The van der Waals surface area contributed by atoms with Crippen molar-refractivity contribution < 1.29 is 10.0 Å². The number of aryl methyl sites for hydroxylation is 1. The minimum Gasteiger partial charge on any atom is -0.423 e. The zero-order valence-electron chi connectivity index (χ0n) is 10.0. The second-order valence-electron chi connectivity index (χ2n) is 4.24. The molecular formula is C14H15BO2. The first-order chi connectivity index (χ1) is 8.09. The van der Waals surface area contributed by atoms with Crippen molar-refractivity contribution in [2.75, 3.05) is 0 Å². The van der Waals surface area contributed by atoms with E-state index in [4.69, 9.17) is 10.0 Å². The van der Waals surface area contributed by atoms with Gasteiger partial charge in [-0.1, -0.05) is 42.5 Å². The van der Waals surface area contributed by atoms with Crippen LogP contribution in [0.4, 0.5) is 0 Å². The summed E-state index contributed by atoms with van der Waals surface area (Å²) in [6, 6.07) is 13.5. The van der Waals surface area contributed by atoms with Crippen molar-refractivity contribution in [3.8, 4) is 11.1 Å². The molecule has 2 N–H and O–H groups in total. The van der Waals surface area contributed by atoms with E-state index < -0.39 is 7.12 Å². The maximum Gasteiger partial charge on any atom is 0.488 e. The van der Waals surface area contributed by atoms with Crippen molar-refractivity contribution in [3.05, 3.63) is 53.6 Å². The van der Waals surface area contributed by atoms with E-state index >= 15 is 0 Å². The molecule has 0 aliphatic carbocycles. The summed E-state index contributed by atoms with van der Waals surface area (Å²) >= 11 is 0. The van der Waals surface area contributed by atoms with Crippen molar-refractivity contribution in [2.45, 2.75) is 13.8 Å². The van der Waals surface area contributed by atoms with E-state index in [-0.39, 0.29) is 0 Å². The number of hydrogen-bond acceptors (Lipinski definition) is 2. The second-order valence-corrected chi connectivity index (χ2v) is 4.24. The van der Waals surface area contributed by atoms with E-state index in [1.165, 1.54) is 16.7 Å². The monoisotopic (exact) mass is 226 g/mol. The lowest BCUT2D eigenvalue weighted by Crippen LogP contribution is -2.29. The molecule has 2 rings (SSSR count). The molecule has 2 aromatic carbocycles. The third kappa shape index (κ3) is 2.41. The molecule has 0 aromatic heterocycles. The van der Waals surface area contributed by atoms with Crippen LogP contribution in [0.1, 0.15) is 11.1 Å². The molecule has 0 heterocycles. The third-order valence-corrected chi connectivity index (χ3v) is 3.12. The van der Waals surface area contributed by atoms with Gasteiger partial charge in [0.2, 0.25) is 0 Å². The maximum atomic E-state index is 9.04. The lowest BCUT2D eigenvalue weighted by atomic mass is 9.79. The van der Waals surface area contributed by atoms with Crippen LogP contribution < -0.4 is 5.46 Å². The molecule has 0 bridgehead atoms. The molecule has 3 heteroatoms. The number of benzene rings is 2. The average Bonchev–Trinajstić information content (AvgIpc) is 2.33. The Balaban J connectivity index is 2.43. The van der Waals surface area contributed by atoms with Gasteiger partial charge in [-0.3, -0.25) is 0 Å². The van der Waals surface area contributed by atoms with Gasteiger partial charge in [0.15, 0.2) is 0 Å². The zero-order valence-corrected chi connectivity index (χ0v) is 10.0. The van der Waals surface area contributed by atoms with Gasteiger partial charge in [-0.15, -0.1) is 0 Å². The number of hydrogen-bond donors (Lipinski definition) is 2. The highest BCUT2D eigenvalue weighted by Crippen LogP contribution is 2.24. The summed E-state index contributed by atoms with van der Waals surface area (Å²) < 4.78 is 0. The van der Waals surface area contributed by atoms with E-state index in [1.54, 1.807) is 12.1 Å². The third-order valence-electron chi connectivity index (χ3n) is 3.12. The van der Waals surface area contributed by atoms with Crippen LogP contribution in [-0.2, 0) is 0 Å². The van der Waals surface area contributed by atoms with Crippen LogP contribution in [0.5, 0.6) is 0 Å². The Morgan fingerprint density at radius 3 is 2.12 bits per heavy atom. The molecule has 0 saturated carbocycles. The first kappa shape index (κ1) is 11.9. The van der Waals surface area contributed by atoms with Crippen molar-refractivity contribution in [3.63, 3.8) is 0 Å². The minimum atomic E-state index is -1.40. The van der Waals surface area contributed by atoms with Gasteiger partial charge in [-0.05, 0) is 41.6 Å². The van der Waals surface area contributed by atoms with E-state index in [2.05, 4.69) is 26.0 Å². The number of rotatable bonds is 2. The Labute approximate surface area is 102 Å². The van der Waals surface area contributed by atoms with Gasteiger partial charge in [-0.2, -0.15) is 0 Å². The van der Waals surface area contributed by atoms with Crippen LogP contribution in [-0.4, -0.2) is 17.2 Å². The van der Waals surface area contributed by atoms with Crippen LogP contribution in [0.15, 0.2) is 42.5 Å². The molecule has 0 spiro atoms. The van der Waals surface area contributed by atoms with Gasteiger partial charge in [-0.25, -0.2) is 0 Å². The Bertz CT molecular complexity index is 518. The van der Waals surface area contributed by atoms with Gasteiger partial charge >= 0.3 is 7.12 Å². The van der Waals surface area contributed by atoms with Crippen molar-refractivity contribution in [1.29, 1.82) is 0 Å². The summed E-state index contributed by atoms with van der Waals surface area (Å²) in [6.45, 7) is 4.18. The largest absolute Gasteiger partial charge is 0.488 e. The van der Waals surface area contributed by atoms with Crippen LogP contribution >= 0.6 is 0 Å². The molecule has 0 radical (unpaired) electrons. The first-order valence-electron chi connectivity index (χ1n) is 5.62. The second kappa shape index (κ2) is 4.74. The first-order valence-corrected chi connectivity index (χ1v) is 5.62. The topological polar surface area (TPSA) is 40.5 Å². The minimum absolute atomic E-state index is 0.513. The van der Waals surface area contributed by atoms with Crippen LogP contribution in [0.2, 0.25) is 0 Å². The quantitative estimate of drug-likeness (QED) is 0.764. The van der Waals surface area contributed by atoms with E-state index in [0.717, 1.165) is 5.56 Å². The predicted molar refractivity (Wildman–Crippen MR) is 71.2 cm³/mol. The molecule has 0 fully saturated rings. The lowest BCUT2D eigenvalue weighted by Gasteiger charge is -2.09. The van der Waals surface area contributed by atoms with E-state index in [0.29, 0.717) is 5.46 Å². The Morgan fingerprint density at radius 1 is 0.882 bits per heavy atom. The van der Waals surface area contributed by atoms with Crippen molar-refractivity contribution >= 4 is 12.6 Å². The normalized spacial score (nSPS) is 10.4. The molecule has 0 aliphatic rings. The Morgan fingerprint density at radius 2 is 1.53 bits per heavy atom. The molecule has 17 heavy (non-hydrogen) atoms. The fourth-order valence-corrected chi connectivity index (χ4v) is 1.90. The van der Waals surface area contributed by atoms with Gasteiger partial charge in [0.25, 0.3) is 0 Å². The highest BCUT2D eigenvalue weighted by atomic mass is 16.4. The Kier molecular flexibility index (Phi) is 3.32. The van der Waals surface area contributed by atoms with Crippen LogP contribution in [0, 0.1) is 13.8 Å². The molecular weight excluding hydrogens is 211 g/mol. The Hall–Kier alpha value is -1.58. The molecule has 2 aromatic rings. The van der Waals surface area contributed by atoms with Gasteiger partial charge in [0.05, 0.1) is 0 Å². The van der Waals surface area contributed by atoms with Gasteiger partial charge in [0.1, 0.15) is 0 Å². The standard InChI is InChI=1S/C14H15BO2/c1-10-4-3-5-14(11(10)2)12-6-8-13(9-7-12)15(16)17/h3-9,16-17H,1-2H3. The highest BCUT2D eigenvalue weighted by Gasteiger charge is 2.10. The predicted octanol–water partition coefficient (Wildman–Crippen LogP) is 1.65. The summed E-state index contributed by atoms with van der Waals surface area (Å²) in [5, 5.41) is 18.1. The molecule has 0 unspecified atom stereocenters. The molecule has 0 atom stereocenters. The van der Waals surface area contributed by atoms with Crippen molar-refractivity contribution in [2.24, 2.45) is 0 Å². The summed E-state index contributed by atoms with van der Waals surface area (Å²) in [6.07, 6.45) is 0. The molecule has 2 nitrogen and oxygen atoms in total. The van der Waals surface area contributed by atoms with Gasteiger partial charge in [0, 0.05) is 0 Å². The molecule has 0 saturated heterocycles. The maximum absolute atomic E-state index is 9.04. The molecule has 86 valence electrons. The molecule has 0 aliphatic heterocycles. The van der Waals surface area contributed by atoms with Crippen molar-refractivity contribution in [1.82, 2.24) is 0 Å². The SMILES string of the molecule is Cc1cccc(-c2ccc(B(O)O)cc2)c1C. The van der Waals surface area contributed by atoms with Gasteiger partial charge < -0.3 is 10.0 Å². The summed E-state index contributed by atoms with van der Waals surface area (Å²) in [4.78, 5) is 0. The summed E-state index contributed by atoms with van der Waals surface area (Å²) in [5.74, 6) is 0. The van der Waals surface area contributed by atoms with Crippen LogP contribution in [0.25, 0.3) is 11.1 Å². The molecule has 0 amide bonds. The van der Waals surface area contributed by atoms with Crippen LogP contribution in [0.3, 0.4) is 0 Å². The van der Waals surface area contributed by atoms with E-state index in [9.17, 15) is 0 Å². The zero-order chi connectivity index (χ0) is 12.4. The smallest absolute Gasteiger partial charge is 0.423 e.